The van der Waals surface area contributed by atoms with Crippen molar-refractivity contribution in [2.75, 3.05) is 43.6 Å². The van der Waals surface area contributed by atoms with Crippen LogP contribution in [0.2, 0.25) is 0 Å². The summed E-state index contributed by atoms with van der Waals surface area (Å²) in [5.74, 6) is -0.515. The van der Waals surface area contributed by atoms with E-state index in [4.69, 9.17) is 4.74 Å². The highest BCUT2D eigenvalue weighted by atomic mass is 32.2. The number of benzene rings is 2. The van der Waals surface area contributed by atoms with Crippen LogP contribution in [-0.2, 0) is 21.2 Å². The first kappa shape index (κ1) is 28.4. The molecule has 12 heteroatoms. The monoisotopic (exact) mass is 536 g/mol. The molecule has 202 valence electrons. The van der Waals surface area contributed by atoms with Crippen molar-refractivity contribution in [1.29, 1.82) is 0 Å². The van der Waals surface area contributed by atoms with E-state index < -0.39 is 34.0 Å². The summed E-state index contributed by atoms with van der Waals surface area (Å²) in [6, 6.07) is 9.16. The zero-order valence-corrected chi connectivity index (χ0v) is 22.1. The Labute approximate surface area is 216 Å². The van der Waals surface area contributed by atoms with E-state index in [1.807, 2.05) is 6.92 Å². The third-order valence-corrected chi connectivity index (χ3v) is 7.56. The molecule has 0 aliphatic carbocycles. The van der Waals surface area contributed by atoms with Crippen LogP contribution in [-0.4, -0.2) is 79.8 Å². The van der Waals surface area contributed by atoms with Crippen LogP contribution in [0, 0.1) is 11.7 Å². The molecule has 0 saturated heterocycles. The lowest BCUT2D eigenvalue weighted by molar-refractivity contribution is -0.134. The number of hydrogen-bond donors (Lipinski definition) is 3. The number of amides is 3. The lowest BCUT2D eigenvalue weighted by Gasteiger charge is -2.33. The van der Waals surface area contributed by atoms with Gasteiger partial charge in [0.1, 0.15) is 17.7 Å². The van der Waals surface area contributed by atoms with Crippen LogP contribution >= 0.6 is 0 Å². The SMILES string of the molecule is C[C@H]1CN([C@@H](C)CO)C(=O)Cc2cc(NC(=O)Nc3ccc(F)cc3)ccc2O[C@@H]1CN(C)S(C)(=O)=O. The molecular weight excluding hydrogens is 503 g/mol. The Balaban J connectivity index is 1.89. The van der Waals surface area contributed by atoms with Crippen LogP contribution in [0.15, 0.2) is 42.5 Å². The molecule has 1 aliphatic heterocycles. The van der Waals surface area contributed by atoms with E-state index in [0.717, 1.165) is 6.26 Å². The largest absolute Gasteiger partial charge is 0.488 e. The van der Waals surface area contributed by atoms with E-state index in [-0.39, 0.29) is 37.9 Å². The van der Waals surface area contributed by atoms with Crippen LogP contribution in [0.3, 0.4) is 0 Å². The number of hydrogen-bond acceptors (Lipinski definition) is 6. The molecule has 0 spiro atoms. The highest BCUT2D eigenvalue weighted by Gasteiger charge is 2.32. The quantitative estimate of drug-likeness (QED) is 0.499. The molecule has 0 bridgehead atoms. The highest BCUT2D eigenvalue weighted by Crippen LogP contribution is 2.29. The summed E-state index contributed by atoms with van der Waals surface area (Å²) >= 11 is 0. The van der Waals surface area contributed by atoms with E-state index in [9.17, 15) is 27.5 Å². The normalized spacial score (nSPS) is 19.2. The highest BCUT2D eigenvalue weighted by molar-refractivity contribution is 7.88. The van der Waals surface area contributed by atoms with Crippen LogP contribution in [0.1, 0.15) is 19.4 Å². The van der Waals surface area contributed by atoms with Crippen molar-refractivity contribution >= 4 is 33.3 Å². The standard InChI is InChI=1S/C25H33FN4O6S/c1-16-13-30(17(2)15-31)24(32)12-18-11-21(28-25(33)27-20-7-5-19(26)6-8-20)9-10-22(18)36-23(16)14-29(3)37(4,34)35/h5-11,16-17,23,31H,12-15H2,1-4H3,(H2,27,28,33)/t16-,17-,23+/m0/s1. The Morgan fingerprint density at radius 3 is 2.46 bits per heavy atom. The summed E-state index contributed by atoms with van der Waals surface area (Å²) in [4.78, 5) is 27.3. The molecule has 37 heavy (non-hydrogen) atoms. The second-order valence-electron chi connectivity index (χ2n) is 9.34. The third kappa shape index (κ3) is 7.63. The fourth-order valence-corrected chi connectivity index (χ4v) is 4.36. The summed E-state index contributed by atoms with van der Waals surface area (Å²) in [5, 5.41) is 15.0. The van der Waals surface area contributed by atoms with Crippen molar-refractivity contribution < 1.29 is 32.2 Å². The van der Waals surface area contributed by atoms with Crippen LogP contribution in [0.5, 0.6) is 5.75 Å². The van der Waals surface area contributed by atoms with E-state index >= 15 is 0 Å². The lowest BCUT2D eigenvalue weighted by atomic mass is 10.0. The minimum absolute atomic E-state index is 0.0455. The molecule has 0 saturated carbocycles. The maximum Gasteiger partial charge on any atom is 0.323 e. The molecule has 0 aromatic heterocycles. The molecule has 3 N–H and O–H groups in total. The summed E-state index contributed by atoms with van der Waals surface area (Å²) in [6.45, 7) is 3.70. The molecule has 10 nitrogen and oxygen atoms in total. The topological polar surface area (TPSA) is 128 Å². The number of sulfonamides is 1. The lowest BCUT2D eigenvalue weighted by Crippen LogP contribution is -2.48. The number of aliphatic hydroxyl groups is 1. The van der Waals surface area contributed by atoms with Crippen molar-refractivity contribution in [3.8, 4) is 5.75 Å². The molecule has 3 atom stereocenters. The van der Waals surface area contributed by atoms with Gasteiger partial charge in [-0.15, -0.1) is 0 Å². The van der Waals surface area contributed by atoms with Crippen molar-refractivity contribution in [3.05, 3.63) is 53.8 Å². The van der Waals surface area contributed by atoms with Gasteiger partial charge in [0.05, 0.1) is 31.9 Å². The Hall–Kier alpha value is -3.22. The summed E-state index contributed by atoms with van der Waals surface area (Å²) < 4.78 is 44.7. The van der Waals surface area contributed by atoms with Gasteiger partial charge in [-0.2, -0.15) is 0 Å². The number of urea groups is 1. The number of nitrogens with zero attached hydrogens (tertiary/aromatic N) is 2. The number of carbonyl (C=O) groups is 2. The molecule has 3 amide bonds. The number of anilines is 2. The first-order valence-corrected chi connectivity index (χ1v) is 13.7. The van der Waals surface area contributed by atoms with Gasteiger partial charge in [0.15, 0.2) is 0 Å². The molecule has 2 aromatic rings. The van der Waals surface area contributed by atoms with Gasteiger partial charge in [0, 0.05) is 36.4 Å². The first-order valence-electron chi connectivity index (χ1n) is 11.8. The van der Waals surface area contributed by atoms with Crippen LogP contribution in [0.4, 0.5) is 20.6 Å². The number of likely N-dealkylation sites (N-methyl/N-ethyl adjacent to an activating group) is 1. The Bertz CT molecular complexity index is 1220. The van der Waals surface area contributed by atoms with Crippen LogP contribution < -0.4 is 15.4 Å². The molecule has 1 aliphatic rings. The van der Waals surface area contributed by atoms with Crippen molar-refractivity contribution in [1.82, 2.24) is 9.21 Å². The van der Waals surface area contributed by atoms with Gasteiger partial charge >= 0.3 is 6.03 Å². The fraction of sp³-hybridized carbons (Fsp3) is 0.440. The van der Waals surface area contributed by atoms with Gasteiger partial charge in [-0.25, -0.2) is 21.9 Å². The van der Waals surface area contributed by atoms with Gasteiger partial charge in [-0.3, -0.25) is 4.79 Å². The zero-order chi connectivity index (χ0) is 27.3. The molecular formula is C25H33FN4O6S. The molecule has 0 fully saturated rings. The van der Waals surface area contributed by atoms with E-state index in [2.05, 4.69) is 10.6 Å². The second kappa shape index (κ2) is 11.9. The van der Waals surface area contributed by atoms with Crippen molar-refractivity contribution in [2.45, 2.75) is 32.4 Å². The molecule has 0 unspecified atom stereocenters. The number of halogens is 1. The molecule has 3 rings (SSSR count). The first-order chi connectivity index (χ1) is 17.4. The van der Waals surface area contributed by atoms with Gasteiger partial charge in [-0.1, -0.05) is 6.92 Å². The maximum atomic E-state index is 13.2. The second-order valence-corrected chi connectivity index (χ2v) is 11.4. The Morgan fingerprint density at radius 2 is 1.84 bits per heavy atom. The van der Waals surface area contributed by atoms with Gasteiger partial charge in [-0.05, 0) is 49.4 Å². The number of rotatable bonds is 7. The summed E-state index contributed by atoms with van der Waals surface area (Å²) in [5.41, 5.74) is 1.30. The number of aliphatic hydroxyl groups excluding tert-OH is 1. The molecule has 1 heterocycles. The summed E-state index contributed by atoms with van der Waals surface area (Å²) in [7, 11) is -2.01. The predicted octanol–water partition coefficient (Wildman–Crippen LogP) is 2.51. The fourth-order valence-electron chi connectivity index (χ4n) is 3.94. The molecule has 2 aromatic carbocycles. The van der Waals surface area contributed by atoms with Crippen LogP contribution in [0.25, 0.3) is 0 Å². The molecule has 0 radical (unpaired) electrons. The summed E-state index contributed by atoms with van der Waals surface area (Å²) in [6.07, 6.45) is 0.480. The van der Waals surface area contributed by atoms with Gasteiger partial charge < -0.3 is 25.4 Å². The van der Waals surface area contributed by atoms with Gasteiger partial charge in [0.2, 0.25) is 15.9 Å². The average Bonchev–Trinajstić information content (AvgIpc) is 2.87. The third-order valence-electron chi connectivity index (χ3n) is 6.28. The van der Waals surface area contributed by atoms with E-state index in [0.29, 0.717) is 22.7 Å². The van der Waals surface area contributed by atoms with Crippen molar-refractivity contribution in [2.24, 2.45) is 5.92 Å². The maximum absolute atomic E-state index is 13.2. The Morgan fingerprint density at radius 1 is 1.22 bits per heavy atom. The minimum Gasteiger partial charge on any atom is -0.488 e. The van der Waals surface area contributed by atoms with Gasteiger partial charge in [0.25, 0.3) is 0 Å². The number of ether oxygens (including phenoxy) is 1. The van der Waals surface area contributed by atoms with E-state index in [1.54, 1.807) is 30.0 Å². The smallest absolute Gasteiger partial charge is 0.323 e. The average molecular weight is 537 g/mol. The van der Waals surface area contributed by atoms with Crippen molar-refractivity contribution in [3.63, 3.8) is 0 Å². The number of carbonyl (C=O) groups excluding carboxylic acids is 2. The zero-order valence-electron chi connectivity index (χ0n) is 21.3. The predicted molar refractivity (Wildman–Crippen MR) is 139 cm³/mol. The number of fused-ring (bicyclic) bond motifs is 1. The van der Waals surface area contributed by atoms with E-state index in [1.165, 1.54) is 35.6 Å². The number of nitrogens with one attached hydrogen (secondary N) is 2. The minimum atomic E-state index is -3.47. The Kier molecular flexibility index (Phi) is 9.11.